The van der Waals surface area contributed by atoms with E-state index in [0.717, 1.165) is 28.3 Å². The Labute approximate surface area is 128 Å². The van der Waals surface area contributed by atoms with Crippen LogP contribution in [0.25, 0.3) is 0 Å². The van der Waals surface area contributed by atoms with Crippen molar-refractivity contribution in [2.24, 2.45) is 0 Å². The minimum atomic E-state index is 0.755. The van der Waals surface area contributed by atoms with Gasteiger partial charge in [0.1, 0.15) is 11.6 Å². The first-order valence-electron chi connectivity index (χ1n) is 6.53. The van der Waals surface area contributed by atoms with Crippen molar-refractivity contribution >= 4 is 21.7 Å². The summed E-state index contributed by atoms with van der Waals surface area (Å²) in [5.74, 6) is 1.82. The molecule has 0 bridgehead atoms. The van der Waals surface area contributed by atoms with Gasteiger partial charge in [0.15, 0.2) is 0 Å². The lowest BCUT2D eigenvalue weighted by molar-refractivity contribution is 0.411. The fourth-order valence-corrected chi connectivity index (χ4v) is 2.31. The molecule has 0 spiro atoms. The molecule has 4 heteroatoms. The maximum atomic E-state index is 5.33. The van der Waals surface area contributed by atoms with E-state index in [1.165, 1.54) is 16.7 Å². The third kappa shape index (κ3) is 3.12. The summed E-state index contributed by atoms with van der Waals surface area (Å²) in [5, 5.41) is 3.36. The van der Waals surface area contributed by atoms with Gasteiger partial charge in [-0.05, 0) is 71.6 Å². The Hall–Kier alpha value is -1.55. The van der Waals surface area contributed by atoms with Crippen molar-refractivity contribution in [2.75, 3.05) is 12.4 Å². The Morgan fingerprint density at radius 1 is 1.10 bits per heavy atom. The van der Waals surface area contributed by atoms with Gasteiger partial charge in [-0.3, -0.25) is 0 Å². The van der Waals surface area contributed by atoms with Gasteiger partial charge in [-0.2, -0.15) is 0 Å². The van der Waals surface area contributed by atoms with E-state index in [1.807, 2.05) is 25.1 Å². The highest BCUT2D eigenvalue weighted by molar-refractivity contribution is 9.10. The zero-order valence-corrected chi connectivity index (χ0v) is 13.8. The third-order valence-electron chi connectivity index (χ3n) is 3.55. The minimum absolute atomic E-state index is 0.755. The van der Waals surface area contributed by atoms with Crippen LogP contribution in [0.2, 0.25) is 0 Å². The average molecular weight is 335 g/mol. The van der Waals surface area contributed by atoms with E-state index in [-0.39, 0.29) is 0 Å². The van der Waals surface area contributed by atoms with Crippen molar-refractivity contribution < 1.29 is 4.74 Å². The summed E-state index contributed by atoms with van der Waals surface area (Å²) >= 11 is 3.46. The number of ether oxygens (including phenoxy) is 1. The van der Waals surface area contributed by atoms with Crippen molar-refractivity contribution in [3.8, 4) is 5.75 Å². The van der Waals surface area contributed by atoms with Gasteiger partial charge < -0.3 is 10.1 Å². The number of halogens is 1. The van der Waals surface area contributed by atoms with Gasteiger partial charge in [0.25, 0.3) is 0 Å². The number of benzene rings is 1. The van der Waals surface area contributed by atoms with Crippen LogP contribution >= 0.6 is 15.9 Å². The van der Waals surface area contributed by atoms with Crippen LogP contribution in [-0.4, -0.2) is 12.1 Å². The molecule has 0 saturated carbocycles. The number of methoxy groups -OCH3 is 1. The van der Waals surface area contributed by atoms with Gasteiger partial charge in [-0.25, -0.2) is 4.98 Å². The first-order chi connectivity index (χ1) is 9.52. The lowest BCUT2D eigenvalue weighted by Gasteiger charge is -2.14. The molecule has 0 radical (unpaired) electrons. The molecule has 106 valence electrons. The summed E-state index contributed by atoms with van der Waals surface area (Å²) in [7, 11) is 1.70. The number of rotatable bonds is 4. The van der Waals surface area contributed by atoms with Crippen molar-refractivity contribution in [3.05, 3.63) is 51.1 Å². The van der Waals surface area contributed by atoms with Gasteiger partial charge in [0, 0.05) is 11.0 Å². The number of nitrogens with one attached hydrogen (secondary N) is 1. The first-order valence-corrected chi connectivity index (χ1v) is 7.32. The van der Waals surface area contributed by atoms with E-state index >= 15 is 0 Å². The summed E-state index contributed by atoms with van der Waals surface area (Å²) in [5.41, 5.74) is 4.68. The number of hydrogen-bond donors (Lipinski definition) is 1. The molecule has 1 N–H and O–H groups in total. The Morgan fingerprint density at radius 2 is 1.85 bits per heavy atom. The van der Waals surface area contributed by atoms with E-state index < -0.39 is 0 Å². The van der Waals surface area contributed by atoms with Crippen LogP contribution < -0.4 is 10.1 Å². The zero-order chi connectivity index (χ0) is 14.7. The fraction of sp³-hybridized carbons (Fsp3) is 0.312. The maximum absolute atomic E-state index is 5.33. The Balaban J connectivity index is 2.15. The molecular formula is C16H19BrN2O. The highest BCUT2D eigenvalue weighted by atomic mass is 79.9. The van der Waals surface area contributed by atoms with Gasteiger partial charge in [0.2, 0.25) is 0 Å². The molecule has 0 amide bonds. The Kier molecular flexibility index (Phi) is 4.65. The topological polar surface area (TPSA) is 34.1 Å². The third-order valence-corrected chi connectivity index (χ3v) is 4.39. The van der Waals surface area contributed by atoms with E-state index in [1.54, 1.807) is 7.11 Å². The van der Waals surface area contributed by atoms with E-state index in [2.05, 4.69) is 46.1 Å². The molecule has 3 nitrogen and oxygen atoms in total. The van der Waals surface area contributed by atoms with Crippen molar-refractivity contribution in [2.45, 2.75) is 27.3 Å². The number of aromatic nitrogens is 1. The summed E-state index contributed by atoms with van der Waals surface area (Å²) in [6.45, 7) is 6.94. The molecule has 1 aromatic carbocycles. The summed E-state index contributed by atoms with van der Waals surface area (Å²) < 4.78 is 6.36. The van der Waals surface area contributed by atoms with Crippen molar-refractivity contribution in [3.63, 3.8) is 0 Å². The summed E-state index contributed by atoms with van der Waals surface area (Å²) in [4.78, 5) is 4.49. The normalized spacial score (nSPS) is 10.4. The van der Waals surface area contributed by atoms with Crippen LogP contribution in [0, 0.1) is 20.8 Å². The van der Waals surface area contributed by atoms with Crippen LogP contribution in [0.5, 0.6) is 5.75 Å². The first kappa shape index (κ1) is 14.9. The second-order valence-electron chi connectivity index (χ2n) is 4.79. The Morgan fingerprint density at radius 3 is 2.50 bits per heavy atom. The molecule has 1 aromatic heterocycles. The lowest BCUT2D eigenvalue weighted by atomic mass is 10.0. The molecule has 2 aromatic rings. The predicted molar refractivity (Wildman–Crippen MR) is 86.5 cm³/mol. The van der Waals surface area contributed by atoms with Gasteiger partial charge >= 0.3 is 0 Å². The smallest absolute Gasteiger partial charge is 0.126 e. The number of hydrogen-bond acceptors (Lipinski definition) is 3. The largest absolute Gasteiger partial charge is 0.496 e. The molecule has 20 heavy (non-hydrogen) atoms. The molecule has 1 heterocycles. The summed E-state index contributed by atoms with van der Waals surface area (Å²) in [6, 6.07) is 8.10. The van der Waals surface area contributed by atoms with Crippen LogP contribution in [-0.2, 0) is 6.54 Å². The average Bonchev–Trinajstić information content (AvgIpc) is 2.44. The van der Waals surface area contributed by atoms with Crippen LogP contribution in [0.1, 0.15) is 22.4 Å². The molecule has 0 aliphatic carbocycles. The zero-order valence-electron chi connectivity index (χ0n) is 12.2. The molecule has 0 aliphatic rings. The van der Waals surface area contributed by atoms with Crippen LogP contribution in [0.3, 0.4) is 0 Å². The van der Waals surface area contributed by atoms with Gasteiger partial charge in [-0.15, -0.1) is 0 Å². The monoisotopic (exact) mass is 334 g/mol. The quantitative estimate of drug-likeness (QED) is 0.900. The highest BCUT2D eigenvalue weighted by Crippen LogP contribution is 2.24. The number of anilines is 1. The Bertz CT molecular complexity index is 626. The molecule has 0 saturated heterocycles. The molecule has 0 fully saturated rings. The van der Waals surface area contributed by atoms with E-state index in [9.17, 15) is 0 Å². The number of aryl methyl sites for hydroxylation is 1. The van der Waals surface area contributed by atoms with Crippen molar-refractivity contribution in [1.82, 2.24) is 4.98 Å². The lowest BCUT2D eigenvalue weighted by Crippen LogP contribution is -2.05. The molecule has 0 aliphatic heterocycles. The second-order valence-corrected chi connectivity index (χ2v) is 5.65. The highest BCUT2D eigenvalue weighted by Gasteiger charge is 2.07. The maximum Gasteiger partial charge on any atom is 0.126 e. The van der Waals surface area contributed by atoms with E-state index in [4.69, 9.17) is 4.74 Å². The number of nitrogens with zero attached hydrogens (tertiary/aromatic N) is 1. The number of pyridine rings is 1. The fourth-order valence-electron chi connectivity index (χ4n) is 2.09. The predicted octanol–water partition coefficient (Wildman–Crippen LogP) is 4.39. The van der Waals surface area contributed by atoms with Crippen molar-refractivity contribution in [1.29, 1.82) is 0 Å². The van der Waals surface area contributed by atoms with Crippen LogP contribution in [0.4, 0.5) is 5.82 Å². The van der Waals surface area contributed by atoms with Gasteiger partial charge in [-0.1, -0.05) is 6.07 Å². The SMILES string of the molecule is COc1ccc(CNc2ccc(Br)c(C)n2)c(C)c1C. The van der Waals surface area contributed by atoms with E-state index in [0.29, 0.717) is 0 Å². The summed E-state index contributed by atoms with van der Waals surface area (Å²) in [6.07, 6.45) is 0. The molecular weight excluding hydrogens is 316 g/mol. The second kappa shape index (κ2) is 6.27. The van der Waals surface area contributed by atoms with Gasteiger partial charge in [0.05, 0.1) is 12.8 Å². The van der Waals surface area contributed by atoms with Crippen LogP contribution in [0.15, 0.2) is 28.7 Å². The molecule has 2 rings (SSSR count). The minimum Gasteiger partial charge on any atom is -0.496 e. The molecule has 0 atom stereocenters. The standard InChI is InChI=1S/C16H19BrN2O/c1-10-11(2)15(20-4)7-5-13(10)9-18-16-8-6-14(17)12(3)19-16/h5-8H,9H2,1-4H3,(H,18,19). The molecule has 0 unspecified atom stereocenters.